The average Bonchev–Trinajstić information content (AvgIpc) is 3.29. The van der Waals surface area contributed by atoms with Crippen LogP contribution < -0.4 is 0 Å². The Kier molecular flexibility index (Phi) is 4.70. The molecule has 0 unspecified atom stereocenters. The second-order valence-electron chi connectivity index (χ2n) is 7.45. The van der Waals surface area contributed by atoms with Crippen molar-refractivity contribution in [3.8, 4) is 0 Å². The second kappa shape index (κ2) is 7.02. The lowest BCUT2D eigenvalue weighted by molar-refractivity contribution is -0.133. The van der Waals surface area contributed by atoms with Crippen molar-refractivity contribution < 1.29 is 22.5 Å². The van der Waals surface area contributed by atoms with Crippen molar-refractivity contribution in [1.82, 2.24) is 10.1 Å². The minimum atomic E-state index is -1.52. The summed E-state index contributed by atoms with van der Waals surface area (Å²) in [5.74, 6) is -3.11. The highest BCUT2D eigenvalue weighted by molar-refractivity contribution is 5.79. The zero-order valence-corrected chi connectivity index (χ0v) is 15.1. The second-order valence-corrected chi connectivity index (χ2v) is 7.45. The number of aromatic nitrogens is 1. The third kappa shape index (κ3) is 3.24. The van der Waals surface area contributed by atoms with Crippen LogP contribution in [0.25, 0.3) is 0 Å². The SMILES string of the molecule is C[C@H]1c2c(noc2C2CCCC2)CCN1C(=O)Cc1cc(F)c(F)c(F)c1. The van der Waals surface area contributed by atoms with Crippen LogP contribution in [0.3, 0.4) is 0 Å². The summed E-state index contributed by atoms with van der Waals surface area (Å²) in [7, 11) is 0. The molecule has 144 valence electrons. The van der Waals surface area contributed by atoms with Gasteiger partial charge in [-0.1, -0.05) is 18.0 Å². The Balaban J connectivity index is 1.55. The van der Waals surface area contributed by atoms with E-state index in [9.17, 15) is 18.0 Å². The molecule has 0 bridgehead atoms. The van der Waals surface area contributed by atoms with Gasteiger partial charge in [-0.25, -0.2) is 13.2 Å². The average molecular weight is 378 g/mol. The van der Waals surface area contributed by atoms with Crippen LogP contribution in [0.2, 0.25) is 0 Å². The highest BCUT2D eigenvalue weighted by Gasteiger charge is 2.36. The lowest BCUT2D eigenvalue weighted by Gasteiger charge is -2.33. The van der Waals surface area contributed by atoms with Gasteiger partial charge < -0.3 is 9.42 Å². The molecular weight excluding hydrogens is 357 g/mol. The molecule has 7 heteroatoms. The lowest BCUT2D eigenvalue weighted by atomic mass is 9.91. The van der Waals surface area contributed by atoms with E-state index in [-0.39, 0.29) is 23.9 Å². The molecule has 1 atom stereocenters. The molecule has 0 radical (unpaired) electrons. The van der Waals surface area contributed by atoms with Gasteiger partial charge in [-0.05, 0) is 37.5 Å². The molecule has 0 N–H and O–H groups in total. The summed E-state index contributed by atoms with van der Waals surface area (Å²) in [6, 6.07) is 1.54. The molecule has 4 rings (SSSR count). The maximum atomic E-state index is 13.4. The summed E-state index contributed by atoms with van der Waals surface area (Å²) in [6.45, 7) is 2.40. The number of halogens is 3. The molecule has 1 saturated carbocycles. The fourth-order valence-corrected chi connectivity index (χ4v) is 4.36. The first-order valence-electron chi connectivity index (χ1n) is 9.37. The minimum absolute atomic E-state index is 0.121. The quantitative estimate of drug-likeness (QED) is 0.742. The van der Waals surface area contributed by atoms with Crippen molar-refractivity contribution in [2.45, 2.75) is 57.4 Å². The van der Waals surface area contributed by atoms with E-state index in [1.165, 1.54) is 12.8 Å². The van der Waals surface area contributed by atoms with E-state index < -0.39 is 17.5 Å². The number of benzene rings is 1. The van der Waals surface area contributed by atoms with Crippen molar-refractivity contribution in [2.24, 2.45) is 0 Å². The molecule has 1 aliphatic heterocycles. The Morgan fingerprint density at radius 1 is 1.22 bits per heavy atom. The molecule has 2 heterocycles. The number of carbonyl (C=O) groups is 1. The highest BCUT2D eigenvalue weighted by Crippen LogP contribution is 2.41. The fourth-order valence-electron chi connectivity index (χ4n) is 4.36. The summed E-state index contributed by atoms with van der Waals surface area (Å²) in [5.41, 5.74) is 2.00. The van der Waals surface area contributed by atoms with Gasteiger partial charge in [-0.2, -0.15) is 0 Å². The van der Waals surface area contributed by atoms with E-state index in [0.717, 1.165) is 42.0 Å². The molecular formula is C20H21F3N2O2. The van der Waals surface area contributed by atoms with Crippen LogP contribution >= 0.6 is 0 Å². The third-order valence-corrected chi connectivity index (χ3v) is 5.75. The van der Waals surface area contributed by atoms with Gasteiger partial charge in [0.05, 0.1) is 18.2 Å². The third-order valence-electron chi connectivity index (χ3n) is 5.75. The predicted octanol–water partition coefficient (Wildman–Crippen LogP) is 4.44. The number of amides is 1. The normalized spacial score (nSPS) is 20.1. The number of hydrogen-bond acceptors (Lipinski definition) is 3. The van der Waals surface area contributed by atoms with E-state index in [1.807, 2.05) is 6.92 Å². The van der Waals surface area contributed by atoms with Crippen LogP contribution in [0.5, 0.6) is 0 Å². The molecule has 2 aliphatic rings. The molecule has 1 aliphatic carbocycles. The van der Waals surface area contributed by atoms with E-state index >= 15 is 0 Å². The van der Waals surface area contributed by atoms with Gasteiger partial charge in [-0.15, -0.1) is 0 Å². The first-order valence-corrected chi connectivity index (χ1v) is 9.37. The van der Waals surface area contributed by atoms with Crippen LogP contribution in [0.4, 0.5) is 13.2 Å². The standard InChI is InChI=1S/C20H21F3N2O2/c1-11-18-16(24-27-20(18)13-4-2-3-5-13)6-7-25(11)17(26)10-12-8-14(21)19(23)15(22)9-12/h8-9,11,13H,2-7,10H2,1H3/t11-/m0/s1. The van der Waals surface area contributed by atoms with Gasteiger partial charge in [0, 0.05) is 24.4 Å². The summed E-state index contributed by atoms with van der Waals surface area (Å²) in [4.78, 5) is 14.5. The smallest absolute Gasteiger partial charge is 0.227 e. The molecule has 1 amide bonds. The van der Waals surface area contributed by atoms with Crippen molar-refractivity contribution in [2.75, 3.05) is 6.54 Å². The van der Waals surface area contributed by atoms with Crippen LogP contribution in [-0.4, -0.2) is 22.5 Å². The molecule has 27 heavy (non-hydrogen) atoms. The van der Waals surface area contributed by atoms with Gasteiger partial charge in [-0.3, -0.25) is 4.79 Å². The van der Waals surface area contributed by atoms with Gasteiger partial charge in [0.2, 0.25) is 5.91 Å². The molecule has 0 spiro atoms. The number of hydrogen-bond donors (Lipinski definition) is 0. The Morgan fingerprint density at radius 2 is 1.89 bits per heavy atom. The van der Waals surface area contributed by atoms with Gasteiger partial charge >= 0.3 is 0 Å². The molecule has 1 aromatic heterocycles. The fraction of sp³-hybridized carbons (Fsp3) is 0.500. The Hall–Kier alpha value is -2.31. The first kappa shape index (κ1) is 18.1. The molecule has 1 aromatic carbocycles. The summed E-state index contributed by atoms with van der Waals surface area (Å²) in [5, 5.41) is 4.21. The molecule has 1 fully saturated rings. The summed E-state index contributed by atoms with van der Waals surface area (Å²) < 4.78 is 45.6. The molecule has 0 saturated heterocycles. The topological polar surface area (TPSA) is 46.3 Å². The van der Waals surface area contributed by atoms with Gasteiger partial charge in [0.25, 0.3) is 0 Å². The highest BCUT2D eigenvalue weighted by atomic mass is 19.2. The maximum absolute atomic E-state index is 13.4. The van der Waals surface area contributed by atoms with Gasteiger partial charge in [0.15, 0.2) is 17.5 Å². The van der Waals surface area contributed by atoms with Crippen LogP contribution in [0.1, 0.15) is 67.1 Å². The molecule has 4 nitrogen and oxygen atoms in total. The first-order chi connectivity index (χ1) is 13.0. The Morgan fingerprint density at radius 3 is 2.56 bits per heavy atom. The van der Waals surface area contributed by atoms with Crippen molar-refractivity contribution in [1.29, 1.82) is 0 Å². The lowest BCUT2D eigenvalue weighted by Crippen LogP contribution is -2.40. The largest absolute Gasteiger partial charge is 0.360 e. The minimum Gasteiger partial charge on any atom is -0.360 e. The number of rotatable bonds is 3. The van der Waals surface area contributed by atoms with Crippen molar-refractivity contribution in [3.63, 3.8) is 0 Å². The maximum Gasteiger partial charge on any atom is 0.227 e. The van der Waals surface area contributed by atoms with E-state index in [4.69, 9.17) is 4.52 Å². The zero-order chi connectivity index (χ0) is 19.1. The van der Waals surface area contributed by atoms with E-state index in [2.05, 4.69) is 5.16 Å². The number of carbonyl (C=O) groups excluding carboxylic acids is 1. The van der Waals surface area contributed by atoms with Gasteiger partial charge in [0.1, 0.15) is 5.76 Å². The monoisotopic (exact) mass is 378 g/mol. The van der Waals surface area contributed by atoms with E-state index in [1.54, 1.807) is 4.90 Å². The molecule has 2 aromatic rings. The van der Waals surface area contributed by atoms with Crippen molar-refractivity contribution in [3.05, 3.63) is 52.2 Å². The summed E-state index contributed by atoms with van der Waals surface area (Å²) in [6.07, 6.45) is 4.87. The van der Waals surface area contributed by atoms with Crippen LogP contribution in [0.15, 0.2) is 16.7 Å². The van der Waals surface area contributed by atoms with E-state index in [0.29, 0.717) is 18.9 Å². The van der Waals surface area contributed by atoms with Crippen LogP contribution in [0, 0.1) is 17.5 Å². The Labute approximate surface area is 155 Å². The predicted molar refractivity (Wildman–Crippen MR) is 91.6 cm³/mol. The number of nitrogens with zero attached hydrogens (tertiary/aromatic N) is 2. The van der Waals surface area contributed by atoms with Crippen LogP contribution in [-0.2, 0) is 17.6 Å². The Bertz CT molecular complexity index is 851. The zero-order valence-electron chi connectivity index (χ0n) is 15.1. The van der Waals surface area contributed by atoms with Crippen molar-refractivity contribution >= 4 is 5.91 Å². The number of fused-ring (bicyclic) bond motifs is 1. The summed E-state index contributed by atoms with van der Waals surface area (Å²) >= 11 is 0.